The van der Waals surface area contributed by atoms with Gasteiger partial charge in [-0.2, -0.15) is 0 Å². The molecule has 0 unspecified atom stereocenters. The van der Waals surface area contributed by atoms with Gasteiger partial charge in [-0.15, -0.1) is 0 Å². The molecule has 1 aromatic rings. The smallest absolute Gasteiger partial charge is 0.250 e. The molecule has 13 heavy (non-hydrogen) atoms. The van der Waals surface area contributed by atoms with Crippen molar-refractivity contribution in [3.8, 4) is 0 Å². The minimum absolute atomic E-state index is 0.457. The van der Waals surface area contributed by atoms with Crippen LogP contribution < -0.4 is 11.1 Å². The van der Waals surface area contributed by atoms with Gasteiger partial charge in [0.2, 0.25) is 5.91 Å². The van der Waals surface area contributed by atoms with E-state index in [4.69, 9.17) is 10.8 Å². The summed E-state index contributed by atoms with van der Waals surface area (Å²) in [6.07, 6.45) is 0. The average Bonchev–Trinajstić information content (AvgIpc) is 2.11. The molecule has 4 heteroatoms. The molecule has 0 heterocycles. The number of aryl methyl sites for hydroxylation is 1. The summed E-state index contributed by atoms with van der Waals surface area (Å²) in [5.74, 6) is -0.457. The van der Waals surface area contributed by atoms with Crippen LogP contribution in [0.1, 0.15) is 5.56 Å². The van der Waals surface area contributed by atoms with E-state index in [0.29, 0.717) is 11.4 Å². The number of nitrogens with two attached hydrogens (primary N) is 1. The maximum absolute atomic E-state index is 10.9. The molecule has 4 nitrogen and oxygen atoms in total. The number of hydrogen-bond donors (Lipinski definition) is 3. The summed E-state index contributed by atoms with van der Waals surface area (Å²) in [5.41, 5.74) is 7.58. The van der Waals surface area contributed by atoms with Crippen LogP contribution in [0.2, 0.25) is 0 Å². The van der Waals surface area contributed by atoms with Crippen LogP contribution in [0, 0.1) is 6.92 Å². The van der Waals surface area contributed by atoms with Crippen molar-refractivity contribution in [1.82, 2.24) is 0 Å². The number of aliphatic hydroxyl groups is 1. The number of para-hydroxylation sites is 1. The van der Waals surface area contributed by atoms with Gasteiger partial charge in [0.25, 0.3) is 0 Å². The minimum atomic E-state index is -0.534. The molecule has 0 aliphatic carbocycles. The summed E-state index contributed by atoms with van der Waals surface area (Å²) in [6.45, 7) is 1.30. The van der Waals surface area contributed by atoms with Crippen LogP contribution in [-0.2, 0) is 4.79 Å². The second-order valence-corrected chi connectivity index (χ2v) is 2.75. The maximum Gasteiger partial charge on any atom is 0.250 e. The number of benzene rings is 1. The highest BCUT2D eigenvalue weighted by molar-refractivity contribution is 5.95. The van der Waals surface area contributed by atoms with Crippen LogP contribution in [0.25, 0.3) is 0 Å². The quantitative estimate of drug-likeness (QED) is 0.580. The van der Waals surface area contributed by atoms with E-state index in [1.54, 1.807) is 12.1 Å². The van der Waals surface area contributed by atoms with E-state index < -0.39 is 12.5 Å². The van der Waals surface area contributed by atoms with Crippen LogP contribution in [0.15, 0.2) is 18.2 Å². The lowest BCUT2D eigenvalue weighted by Gasteiger charge is -2.09. The van der Waals surface area contributed by atoms with Crippen molar-refractivity contribution in [3.05, 3.63) is 23.8 Å². The molecule has 0 bridgehead atoms. The molecular formula is C9H12N2O2. The van der Waals surface area contributed by atoms with Gasteiger partial charge in [-0.1, -0.05) is 12.1 Å². The molecule has 1 amide bonds. The van der Waals surface area contributed by atoms with E-state index in [0.717, 1.165) is 5.56 Å². The molecule has 0 fully saturated rings. The Morgan fingerprint density at radius 1 is 1.62 bits per heavy atom. The highest BCUT2D eigenvalue weighted by atomic mass is 16.3. The second-order valence-electron chi connectivity index (χ2n) is 2.75. The predicted octanol–water partition coefficient (Wildman–Crippen LogP) is 0.508. The fourth-order valence-corrected chi connectivity index (χ4v) is 1.04. The van der Waals surface area contributed by atoms with Gasteiger partial charge in [0.15, 0.2) is 0 Å². The molecule has 0 aliphatic heterocycles. The first-order valence-corrected chi connectivity index (χ1v) is 3.91. The molecule has 0 saturated heterocycles. The third-order valence-corrected chi connectivity index (χ3v) is 1.71. The Hall–Kier alpha value is -1.55. The first kappa shape index (κ1) is 9.54. The number of amides is 1. The normalized spacial score (nSPS) is 9.69. The Labute approximate surface area is 76.4 Å². The number of carbonyl (C=O) groups is 1. The van der Waals surface area contributed by atoms with Crippen LogP contribution in [-0.4, -0.2) is 17.6 Å². The van der Waals surface area contributed by atoms with Crippen molar-refractivity contribution in [2.45, 2.75) is 6.92 Å². The van der Waals surface area contributed by atoms with Crippen molar-refractivity contribution in [1.29, 1.82) is 0 Å². The van der Waals surface area contributed by atoms with Crippen LogP contribution in [0.3, 0.4) is 0 Å². The highest BCUT2D eigenvalue weighted by Gasteiger charge is 2.05. The Kier molecular flexibility index (Phi) is 2.87. The van der Waals surface area contributed by atoms with Gasteiger partial charge >= 0.3 is 0 Å². The number of anilines is 2. The van der Waals surface area contributed by atoms with E-state index >= 15 is 0 Å². The van der Waals surface area contributed by atoms with Crippen LogP contribution in [0.5, 0.6) is 0 Å². The van der Waals surface area contributed by atoms with Gasteiger partial charge in [-0.3, -0.25) is 4.79 Å². The number of hydrogen-bond acceptors (Lipinski definition) is 3. The van der Waals surface area contributed by atoms with Crippen LogP contribution in [0.4, 0.5) is 11.4 Å². The van der Waals surface area contributed by atoms with Crippen LogP contribution >= 0.6 is 0 Å². The fourth-order valence-electron chi connectivity index (χ4n) is 1.04. The molecule has 1 aromatic carbocycles. The molecule has 0 aliphatic rings. The Balaban J connectivity index is 2.93. The standard InChI is InChI=1S/C9H12N2O2/c1-6-3-2-4-7(10)9(6)11-8(13)5-12/h2-4,12H,5,10H2,1H3,(H,11,13). The van der Waals surface area contributed by atoms with Gasteiger partial charge in [0, 0.05) is 0 Å². The van der Waals surface area contributed by atoms with Crippen molar-refractivity contribution in [2.75, 3.05) is 17.7 Å². The fraction of sp³-hybridized carbons (Fsp3) is 0.222. The predicted molar refractivity (Wildman–Crippen MR) is 51.3 cm³/mol. The van der Waals surface area contributed by atoms with Crippen molar-refractivity contribution >= 4 is 17.3 Å². The molecule has 4 N–H and O–H groups in total. The van der Waals surface area contributed by atoms with Crippen molar-refractivity contribution in [2.24, 2.45) is 0 Å². The molecule has 0 radical (unpaired) electrons. The minimum Gasteiger partial charge on any atom is -0.397 e. The van der Waals surface area contributed by atoms with Gasteiger partial charge in [0.1, 0.15) is 6.61 Å². The SMILES string of the molecule is Cc1cccc(N)c1NC(=O)CO. The Morgan fingerprint density at radius 2 is 2.31 bits per heavy atom. The zero-order valence-corrected chi connectivity index (χ0v) is 7.37. The first-order valence-electron chi connectivity index (χ1n) is 3.91. The molecule has 0 aromatic heterocycles. The lowest BCUT2D eigenvalue weighted by atomic mass is 10.1. The average molecular weight is 180 g/mol. The highest BCUT2D eigenvalue weighted by Crippen LogP contribution is 2.21. The van der Waals surface area contributed by atoms with E-state index in [1.165, 1.54) is 0 Å². The largest absolute Gasteiger partial charge is 0.397 e. The lowest BCUT2D eigenvalue weighted by Crippen LogP contribution is -2.17. The maximum atomic E-state index is 10.9. The summed E-state index contributed by atoms with van der Waals surface area (Å²) in [4.78, 5) is 10.9. The monoisotopic (exact) mass is 180 g/mol. The molecule has 0 spiro atoms. The second kappa shape index (κ2) is 3.91. The van der Waals surface area contributed by atoms with E-state index in [1.807, 2.05) is 13.0 Å². The third-order valence-electron chi connectivity index (χ3n) is 1.71. The molecule has 0 atom stereocenters. The van der Waals surface area contributed by atoms with E-state index in [9.17, 15) is 4.79 Å². The Morgan fingerprint density at radius 3 is 2.85 bits per heavy atom. The molecular weight excluding hydrogens is 168 g/mol. The van der Waals surface area contributed by atoms with Gasteiger partial charge < -0.3 is 16.2 Å². The van der Waals surface area contributed by atoms with Gasteiger partial charge in [0.05, 0.1) is 11.4 Å². The van der Waals surface area contributed by atoms with Gasteiger partial charge in [-0.25, -0.2) is 0 Å². The number of rotatable bonds is 2. The van der Waals surface area contributed by atoms with Gasteiger partial charge in [-0.05, 0) is 18.6 Å². The summed E-state index contributed by atoms with van der Waals surface area (Å²) >= 11 is 0. The summed E-state index contributed by atoms with van der Waals surface area (Å²) in [6, 6.07) is 5.34. The third kappa shape index (κ3) is 2.19. The number of nitrogen functional groups attached to an aromatic ring is 1. The molecule has 1 rings (SSSR count). The number of nitrogens with one attached hydrogen (secondary N) is 1. The first-order chi connectivity index (χ1) is 6.15. The molecule has 70 valence electrons. The van der Waals surface area contributed by atoms with Crippen molar-refractivity contribution in [3.63, 3.8) is 0 Å². The summed E-state index contributed by atoms with van der Waals surface area (Å²) in [5, 5.41) is 11.0. The zero-order chi connectivity index (χ0) is 9.84. The van der Waals surface area contributed by atoms with E-state index in [-0.39, 0.29) is 0 Å². The topological polar surface area (TPSA) is 75.3 Å². The number of carbonyl (C=O) groups excluding carboxylic acids is 1. The molecule has 0 saturated carbocycles. The zero-order valence-electron chi connectivity index (χ0n) is 7.37. The summed E-state index contributed by atoms with van der Waals surface area (Å²) < 4.78 is 0. The van der Waals surface area contributed by atoms with Crippen molar-refractivity contribution < 1.29 is 9.90 Å². The number of aliphatic hydroxyl groups excluding tert-OH is 1. The summed E-state index contributed by atoms with van der Waals surface area (Å²) in [7, 11) is 0. The Bertz CT molecular complexity index is 303. The van der Waals surface area contributed by atoms with E-state index in [2.05, 4.69) is 5.32 Å². The lowest BCUT2D eigenvalue weighted by molar-refractivity contribution is -0.118.